The first kappa shape index (κ1) is 12.2. The molecule has 0 aromatic heterocycles. The monoisotopic (exact) mass is 242 g/mol. The highest BCUT2D eigenvalue weighted by atomic mass is 17.2. The SMILES string of the molecule is C=C(CC)C(=O)OOc1ccc2ccccc2c1. The molecule has 0 fully saturated rings. The van der Waals surface area contributed by atoms with Gasteiger partial charge in [0.1, 0.15) is 0 Å². The fourth-order valence-corrected chi connectivity index (χ4v) is 1.51. The van der Waals surface area contributed by atoms with Crippen LogP contribution in [0.5, 0.6) is 5.75 Å². The first-order valence-electron chi connectivity index (χ1n) is 5.76. The van der Waals surface area contributed by atoms with E-state index in [2.05, 4.69) is 6.58 Å². The van der Waals surface area contributed by atoms with Gasteiger partial charge in [0.2, 0.25) is 0 Å². The number of hydrogen-bond donors (Lipinski definition) is 0. The predicted molar refractivity (Wildman–Crippen MR) is 70.1 cm³/mol. The summed E-state index contributed by atoms with van der Waals surface area (Å²) in [6.45, 7) is 5.41. The number of fused-ring (bicyclic) bond motifs is 1. The van der Waals surface area contributed by atoms with Gasteiger partial charge < -0.3 is 0 Å². The Morgan fingerprint density at radius 2 is 1.89 bits per heavy atom. The Kier molecular flexibility index (Phi) is 3.63. The summed E-state index contributed by atoms with van der Waals surface area (Å²) in [5.41, 5.74) is 0.385. The van der Waals surface area contributed by atoms with Crippen LogP contribution in [-0.4, -0.2) is 5.97 Å². The molecule has 0 aliphatic rings. The maximum Gasteiger partial charge on any atom is 0.381 e. The molecule has 92 valence electrons. The van der Waals surface area contributed by atoms with Crippen molar-refractivity contribution >= 4 is 16.7 Å². The molecule has 18 heavy (non-hydrogen) atoms. The number of benzene rings is 2. The predicted octanol–water partition coefficient (Wildman–Crippen LogP) is 3.64. The van der Waals surface area contributed by atoms with Crippen molar-refractivity contribution in [2.45, 2.75) is 13.3 Å². The van der Waals surface area contributed by atoms with Crippen molar-refractivity contribution in [1.82, 2.24) is 0 Å². The van der Waals surface area contributed by atoms with E-state index >= 15 is 0 Å². The lowest BCUT2D eigenvalue weighted by Gasteiger charge is -2.05. The van der Waals surface area contributed by atoms with Gasteiger partial charge in [-0.2, -0.15) is 0 Å². The Morgan fingerprint density at radius 1 is 1.17 bits per heavy atom. The van der Waals surface area contributed by atoms with Crippen molar-refractivity contribution in [2.75, 3.05) is 0 Å². The fraction of sp³-hybridized carbons (Fsp3) is 0.133. The number of rotatable bonds is 4. The molecule has 2 rings (SSSR count). The zero-order chi connectivity index (χ0) is 13.0. The Morgan fingerprint density at radius 3 is 2.61 bits per heavy atom. The van der Waals surface area contributed by atoms with E-state index in [0.29, 0.717) is 17.7 Å². The smallest absolute Gasteiger partial charge is 0.287 e. The third kappa shape index (κ3) is 2.69. The van der Waals surface area contributed by atoms with E-state index in [0.717, 1.165) is 10.8 Å². The molecule has 0 N–H and O–H groups in total. The van der Waals surface area contributed by atoms with Crippen molar-refractivity contribution in [2.24, 2.45) is 0 Å². The summed E-state index contributed by atoms with van der Waals surface area (Å²) in [4.78, 5) is 21.0. The van der Waals surface area contributed by atoms with E-state index in [1.54, 1.807) is 6.07 Å². The van der Waals surface area contributed by atoms with E-state index in [1.807, 2.05) is 43.3 Å². The summed E-state index contributed by atoms with van der Waals surface area (Å²) >= 11 is 0. The largest absolute Gasteiger partial charge is 0.381 e. The molecule has 0 aliphatic carbocycles. The van der Waals surface area contributed by atoms with Gasteiger partial charge in [-0.3, -0.25) is 4.89 Å². The van der Waals surface area contributed by atoms with Gasteiger partial charge in [-0.25, -0.2) is 9.68 Å². The topological polar surface area (TPSA) is 35.5 Å². The second-order valence-corrected chi connectivity index (χ2v) is 3.92. The van der Waals surface area contributed by atoms with Gasteiger partial charge in [-0.1, -0.05) is 43.8 Å². The summed E-state index contributed by atoms with van der Waals surface area (Å²) in [6, 6.07) is 13.4. The molecule has 2 aromatic carbocycles. The van der Waals surface area contributed by atoms with Gasteiger partial charge in [0, 0.05) is 5.57 Å². The van der Waals surface area contributed by atoms with Crippen LogP contribution in [0.2, 0.25) is 0 Å². The van der Waals surface area contributed by atoms with Gasteiger partial charge in [0.15, 0.2) is 5.75 Å². The molecule has 0 saturated heterocycles. The molecule has 0 amide bonds. The number of carbonyl (C=O) groups is 1. The second kappa shape index (κ2) is 5.36. The van der Waals surface area contributed by atoms with Crippen LogP contribution in [0.15, 0.2) is 54.6 Å². The maximum absolute atomic E-state index is 11.4. The molecule has 3 heteroatoms. The van der Waals surface area contributed by atoms with Crippen LogP contribution in [0.25, 0.3) is 10.8 Å². The molecule has 0 unspecified atom stereocenters. The third-order valence-electron chi connectivity index (χ3n) is 2.65. The first-order valence-corrected chi connectivity index (χ1v) is 5.76. The van der Waals surface area contributed by atoms with E-state index < -0.39 is 5.97 Å². The zero-order valence-corrected chi connectivity index (χ0v) is 10.2. The van der Waals surface area contributed by atoms with E-state index in [9.17, 15) is 4.79 Å². The van der Waals surface area contributed by atoms with Crippen LogP contribution in [0.1, 0.15) is 13.3 Å². The average Bonchev–Trinajstić information content (AvgIpc) is 2.43. The van der Waals surface area contributed by atoms with E-state index in [1.165, 1.54) is 0 Å². The minimum atomic E-state index is -0.536. The molecule has 3 nitrogen and oxygen atoms in total. The summed E-state index contributed by atoms with van der Waals surface area (Å²) in [5.74, 6) is -0.0448. The van der Waals surface area contributed by atoms with Gasteiger partial charge in [0.25, 0.3) is 0 Å². The van der Waals surface area contributed by atoms with Crippen LogP contribution in [-0.2, 0) is 9.68 Å². The molecular formula is C15H14O3. The standard InChI is InChI=1S/C15H14O3/c1-3-11(2)15(16)18-17-14-9-8-12-6-4-5-7-13(12)10-14/h4-10H,2-3H2,1H3. The summed E-state index contributed by atoms with van der Waals surface area (Å²) < 4.78 is 0. The minimum Gasteiger partial charge on any atom is -0.287 e. The Labute approximate surface area is 106 Å². The van der Waals surface area contributed by atoms with Gasteiger partial charge in [-0.15, -0.1) is 0 Å². The molecule has 0 radical (unpaired) electrons. The fourth-order valence-electron chi connectivity index (χ4n) is 1.51. The summed E-state index contributed by atoms with van der Waals surface area (Å²) in [5, 5.41) is 2.13. The Balaban J connectivity index is 2.08. The van der Waals surface area contributed by atoms with Crippen molar-refractivity contribution in [3.63, 3.8) is 0 Å². The molecule has 0 spiro atoms. The second-order valence-electron chi connectivity index (χ2n) is 3.92. The Bertz CT molecular complexity index is 587. The molecule has 2 aromatic rings. The number of hydrogen-bond acceptors (Lipinski definition) is 3. The van der Waals surface area contributed by atoms with Gasteiger partial charge in [-0.05, 0) is 29.3 Å². The van der Waals surface area contributed by atoms with Crippen molar-refractivity contribution < 1.29 is 14.6 Å². The van der Waals surface area contributed by atoms with E-state index in [-0.39, 0.29) is 0 Å². The van der Waals surface area contributed by atoms with Crippen LogP contribution in [0, 0.1) is 0 Å². The molecule has 0 saturated carbocycles. The average molecular weight is 242 g/mol. The van der Waals surface area contributed by atoms with Crippen molar-refractivity contribution in [3.8, 4) is 5.75 Å². The van der Waals surface area contributed by atoms with Gasteiger partial charge in [0.05, 0.1) is 0 Å². The van der Waals surface area contributed by atoms with Crippen LogP contribution in [0.3, 0.4) is 0 Å². The molecule has 0 bridgehead atoms. The molecule has 0 atom stereocenters. The lowest BCUT2D eigenvalue weighted by atomic mass is 10.1. The summed E-state index contributed by atoms with van der Waals surface area (Å²) in [6.07, 6.45) is 0.542. The molecule has 0 heterocycles. The van der Waals surface area contributed by atoms with E-state index in [4.69, 9.17) is 9.78 Å². The highest BCUT2D eigenvalue weighted by molar-refractivity contribution is 5.87. The quantitative estimate of drug-likeness (QED) is 0.466. The lowest BCUT2D eigenvalue weighted by molar-refractivity contribution is -0.208. The minimum absolute atomic E-state index is 0.385. The molecule has 0 aliphatic heterocycles. The first-order chi connectivity index (χ1) is 8.70. The summed E-state index contributed by atoms with van der Waals surface area (Å²) in [7, 11) is 0. The normalized spacial score (nSPS) is 10.1. The van der Waals surface area contributed by atoms with Gasteiger partial charge >= 0.3 is 5.97 Å². The zero-order valence-electron chi connectivity index (χ0n) is 10.2. The van der Waals surface area contributed by atoms with Crippen LogP contribution >= 0.6 is 0 Å². The molecular weight excluding hydrogens is 228 g/mol. The Hall–Kier alpha value is -2.29. The number of carbonyl (C=O) groups excluding carboxylic acids is 1. The maximum atomic E-state index is 11.4. The van der Waals surface area contributed by atoms with Crippen LogP contribution < -0.4 is 4.89 Å². The highest BCUT2D eigenvalue weighted by Crippen LogP contribution is 2.20. The third-order valence-corrected chi connectivity index (χ3v) is 2.65. The van der Waals surface area contributed by atoms with Crippen molar-refractivity contribution in [1.29, 1.82) is 0 Å². The highest BCUT2D eigenvalue weighted by Gasteiger charge is 2.08. The van der Waals surface area contributed by atoms with Crippen molar-refractivity contribution in [3.05, 3.63) is 54.6 Å². The van der Waals surface area contributed by atoms with Crippen LogP contribution in [0.4, 0.5) is 0 Å². The lowest BCUT2D eigenvalue weighted by Crippen LogP contribution is -2.09.